The van der Waals surface area contributed by atoms with Crippen LogP contribution in [-0.4, -0.2) is 66.1 Å². The predicted octanol–water partition coefficient (Wildman–Crippen LogP) is 3.16. The number of carbonyl (C=O) groups is 4. The largest absolute Gasteiger partial charge is 0.490 e. The summed E-state index contributed by atoms with van der Waals surface area (Å²) in [7, 11) is 1.47. The van der Waals surface area contributed by atoms with Gasteiger partial charge >= 0.3 is 18.2 Å². The SMILES string of the molecule is CNC(=O)Nc1ccc2c(c1)CCC21NC(=O)N(CC(=O)N2Cc3sc(C)c(C)c3OC[C@H]2C(F)(F)F)C1=O. The quantitative estimate of drug-likeness (QED) is 0.494. The number of benzene rings is 1. The van der Waals surface area contributed by atoms with E-state index in [-0.39, 0.29) is 13.0 Å². The first-order chi connectivity index (χ1) is 18.4. The molecule has 3 N–H and O–H groups in total. The van der Waals surface area contributed by atoms with E-state index in [1.165, 1.54) is 18.4 Å². The molecular formula is C25H26F3N5O5S. The molecule has 3 aliphatic rings. The molecule has 1 spiro atoms. The Labute approximate surface area is 225 Å². The highest BCUT2D eigenvalue weighted by Crippen LogP contribution is 2.43. The molecule has 2 aromatic rings. The molecular weight excluding hydrogens is 539 g/mol. The molecule has 3 heterocycles. The second kappa shape index (κ2) is 9.43. The summed E-state index contributed by atoms with van der Waals surface area (Å²) in [5, 5.41) is 7.75. The van der Waals surface area contributed by atoms with E-state index in [1.807, 2.05) is 6.92 Å². The number of aryl methyl sites for hydroxylation is 2. The molecule has 6 amide bonds. The van der Waals surface area contributed by atoms with E-state index in [0.717, 1.165) is 16.0 Å². The van der Waals surface area contributed by atoms with Crippen molar-refractivity contribution in [3.63, 3.8) is 0 Å². The number of hydrogen-bond donors (Lipinski definition) is 3. The Morgan fingerprint density at radius 3 is 2.69 bits per heavy atom. The van der Waals surface area contributed by atoms with Crippen LogP contribution >= 0.6 is 11.3 Å². The van der Waals surface area contributed by atoms with Crippen LogP contribution in [0.2, 0.25) is 0 Å². The van der Waals surface area contributed by atoms with Gasteiger partial charge in [-0.3, -0.25) is 14.5 Å². The van der Waals surface area contributed by atoms with Gasteiger partial charge in [-0.2, -0.15) is 13.2 Å². The lowest BCUT2D eigenvalue weighted by atomic mass is 9.91. The molecule has 1 unspecified atom stereocenters. The minimum Gasteiger partial charge on any atom is -0.490 e. The van der Waals surface area contributed by atoms with Crippen LogP contribution in [0, 0.1) is 13.8 Å². The number of fused-ring (bicyclic) bond motifs is 3. The van der Waals surface area contributed by atoms with Crippen LogP contribution in [0.15, 0.2) is 18.2 Å². The molecule has 1 saturated heterocycles. The van der Waals surface area contributed by atoms with Crippen LogP contribution < -0.4 is 20.7 Å². The molecule has 14 heteroatoms. The average Bonchev–Trinajstić information content (AvgIpc) is 3.38. The van der Waals surface area contributed by atoms with E-state index in [2.05, 4.69) is 16.0 Å². The van der Waals surface area contributed by atoms with Crippen LogP contribution in [0.5, 0.6) is 5.75 Å². The Bertz CT molecular complexity index is 1390. The van der Waals surface area contributed by atoms with Crippen LogP contribution in [0.4, 0.5) is 28.4 Å². The van der Waals surface area contributed by atoms with Gasteiger partial charge in [0.1, 0.15) is 24.4 Å². The third kappa shape index (κ3) is 4.45. The van der Waals surface area contributed by atoms with Gasteiger partial charge in [0.25, 0.3) is 5.91 Å². The summed E-state index contributed by atoms with van der Waals surface area (Å²) < 4.78 is 47.5. The minimum atomic E-state index is -4.78. The Balaban J connectivity index is 1.39. The third-order valence-electron chi connectivity index (χ3n) is 7.46. The third-order valence-corrected chi connectivity index (χ3v) is 8.63. The molecule has 2 aliphatic heterocycles. The number of rotatable bonds is 3. The van der Waals surface area contributed by atoms with Gasteiger partial charge in [-0.15, -0.1) is 11.3 Å². The number of halogens is 3. The Hall–Kier alpha value is -3.81. The molecule has 0 radical (unpaired) electrons. The van der Waals surface area contributed by atoms with Gasteiger partial charge in [-0.25, -0.2) is 9.59 Å². The summed E-state index contributed by atoms with van der Waals surface area (Å²) in [5.41, 5.74) is 1.02. The van der Waals surface area contributed by atoms with Crippen molar-refractivity contribution in [2.24, 2.45) is 0 Å². The lowest BCUT2D eigenvalue weighted by molar-refractivity contribution is -0.195. The zero-order chi connectivity index (χ0) is 28.3. The highest BCUT2D eigenvalue weighted by molar-refractivity contribution is 7.12. The Morgan fingerprint density at radius 1 is 1.26 bits per heavy atom. The zero-order valence-corrected chi connectivity index (χ0v) is 22.1. The molecule has 1 aliphatic carbocycles. The maximum Gasteiger partial charge on any atom is 0.412 e. The van der Waals surface area contributed by atoms with Crippen LogP contribution in [0.3, 0.4) is 0 Å². The zero-order valence-electron chi connectivity index (χ0n) is 21.3. The van der Waals surface area contributed by atoms with Crippen molar-refractivity contribution in [3.8, 4) is 5.75 Å². The summed E-state index contributed by atoms with van der Waals surface area (Å²) in [6.07, 6.45) is -4.16. The van der Waals surface area contributed by atoms with Crippen molar-refractivity contribution in [3.05, 3.63) is 44.6 Å². The van der Waals surface area contributed by atoms with Gasteiger partial charge in [0.15, 0.2) is 6.04 Å². The first-order valence-corrected chi connectivity index (χ1v) is 13.0. The summed E-state index contributed by atoms with van der Waals surface area (Å²) in [6, 6.07) is 1.38. The second-order valence-electron chi connectivity index (χ2n) is 9.73. The lowest BCUT2D eigenvalue weighted by Gasteiger charge is -2.31. The van der Waals surface area contributed by atoms with E-state index >= 15 is 0 Å². The molecule has 39 heavy (non-hydrogen) atoms. The molecule has 5 rings (SSSR count). The fraction of sp³-hybridized carbons (Fsp3) is 0.440. The first kappa shape index (κ1) is 26.8. The Morgan fingerprint density at radius 2 is 2.00 bits per heavy atom. The van der Waals surface area contributed by atoms with Crippen molar-refractivity contribution in [2.45, 2.75) is 51.0 Å². The van der Waals surface area contributed by atoms with E-state index in [9.17, 15) is 32.3 Å². The summed E-state index contributed by atoms with van der Waals surface area (Å²) in [4.78, 5) is 54.1. The number of imide groups is 1. The fourth-order valence-corrected chi connectivity index (χ4v) is 6.44. The fourth-order valence-electron chi connectivity index (χ4n) is 5.31. The van der Waals surface area contributed by atoms with Gasteiger partial charge in [0.2, 0.25) is 5.91 Å². The normalized spacial score (nSPS) is 22.3. The summed E-state index contributed by atoms with van der Waals surface area (Å²) in [5.74, 6) is -1.38. The molecule has 1 aromatic carbocycles. The topological polar surface area (TPSA) is 120 Å². The monoisotopic (exact) mass is 565 g/mol. The van der Waals surface area contributed by atoms with Crippen LogP contribution in [0.1, 0.15) is 32.9 Å². The maximum atomic E-state index is 14.0. The van der Waals surface area contributed by atoms with E-state index in [1.54, 1.807) is 25.1 Å². The number of carbonyl (C=O) groups excluding carboxylic acids is 4. The second-order valence-corrected chi connectivity index (χ2v) is 11.0. The van der Waals surface area contributed by atoms with Crippen LogP contribution in [-0.2, 0) is 28.1 Å². The number of ether oxygens (including phenoxy) is 1. The smallest absolute Gasteiger partial charge is 0.412 e. The highest BCUT2D eigenvalue weighted by atomic mass is 32.1. The van der Waals surface area contributed by atoms with Gasteiger partial charge in [-0.1, -0.05) is 6.07 Å². The van der Waals surface area contributed by atoms with E-state index < -0.39 is 54.8 Å². The molecule has 1 fully saturated rings. The first-order valence-electron chi connectivity index (χ1n) is 12.2. The van der Waals surface area contributed by atoms with Crippen molar-refractivity contribution < 1.29 is 37.1 Å². The summed E-state index contributed by atoms with van der Waals surface area (Å²) in [6.45, 7) is 1.58. The number of urea groups is 2. The minimum absolute atomic E-state index is 0.209. The lowest BCUT2D eigenvalue weighted by Crippen LogP contribution is -2.53. The molecule has 0 bridgehead atoms. The number of thiophene rings is 1. The van der Waals surface area contributed by atoms with Gasteiger partial charge in [0, 0.05) is 23.2 Å². The van der Waals surface area contributed by atoms with Gasteiger partial charge < -0.3 is 25.6 Å². The van der Waals surface area contributed by atoms with Crippen molar-refractivity contribution in [1.29, 1.82) is 0 Å². The number of anilines is 1. The molecule has 0 saturated carbocycles. The van der Waals surface area contributed by atoms with E-state index in [0.29, 0.717) is 38.1 Å². The number of hydrogen-bond acceptors (Lipinski definition) is 6. The van der Waals surface area contributed by atoms with Crippen molar-refractivity contribution >= 4 is 40.9 Å². The average molecular weight is 566 g/mol. The molecule has 1 aromatic heterocycles. The van der Waals surface area contributed by atoms with Gasteiger partial charge in [0.05, 0.1) is 11.4 Å². The van der Waals surface area contributed by atoms with Crippen molar-refractivity contribution in [2.75, 3.05) is 25.5 Å². The Kier molecular flexibility index (Phi) is 6.48. The standard InChI is InChI=1S/C25H26F3N5O5S/c1-12-13(2)39-17-9-32(18(25(26,27)28)11-38-20(12)17)19(34)10-33-21(35)24(31-23(33)37)7-6-14-8-15(4-5-16(14)24)30-22(36)29-3/h4-5,8,18H,6-7,9-11H2,1-3H3,(H,31,37)(H2,29,30,36)/t18-,24?/m0/s1. The molecule has 10 nitrogen and oxygen atoms in total. The number of nitrogens with one attached hydrogen (secondary N) is 3. The van der Waals surface area contributed by atoms with Crippen LogP contribution in [0.25, 0.3) is 0 Å². The number of alkyl halides is 3. The van der Waals surface area contributed by atoms with Crippen molar-refractivity contribution in [1.82, 2.24) is 20.4 Å². The highest BCUT2D eigenvalue weighted by Gasteiger charge is 2.56. The molecule has 208 valence electrons. The summed E-state index contributed by atoms with van der Waals surface area (Å²) >= 11 is 1.25. The number of nitrogens with zero attached hydrogens (tertiary/aromatic N) is 2. The maximum absolute atomic E-state index is 14.0. The van der Waals surface area contributed by atoms with Gasteiger partial charge in [-0.05, 0) is 49.9 Å². The molecule has 2 atom stereocenters. The number of amides is 6. The van der Waals surface area contributed by atoms with E-state index in [4.69, 9.17) is 4.74 Å². The predicted molar refractivity (Wildman–Crippen MR) is 134 cm³/mol.